The number of thiazole rings is 1. The molecule has 132 valence electrons. The molecular formula is C21H21N3OS. The maximum absolute atomic E-state index is 13.3. The lowest BCUT2D eigenvalue weighted by Crippen LogP contribution is -2.38. The van der Waals surface area contributed by atoms with E-state index in [2.05, 4.69) is 16.0 Å². The summed E-state index contributed by atoms with van der Waals surface area (Å²) in [7, 11) is 0. The van der Waals surface area contributed by atoms with E-state index in [0.717, 1.165) is 52.5 Å². The summed E-state index contributed by atoms with van der Waals surface area (Å²) < 4.78 is 0. The lowest BCUT2D eigenvalue weighted by Gasteiger charge is -2.35. The summed E-state index contributed by atoms with van der Waals surface area (Å²) in [6.07, 6.45) is 6.83. The van der Waals surface area contributed by atoms with Crippen LogP contribution in [0.2, 0.25) is 0 Å². The van der Waals surface area contributed by atoms with Gasteiger partial charge in [-0.25, -0.2) is 4.98 Å². The fourth-order valence-electron chi connectivity index (χ4n) is 3.52. The second-order valence-corrected chi connectivity index (χ2v) is 7.60. The molecule has 3 heterocycles. The Morgan fingerprint density at radius 3 is 2.77 bits per heavy atom. The van der Waals surface area contributed by atoms with Gasteiger partial charge in [0.25, 0.3) is 5.91 Å². The van der Waals surface area contributed by atoms with Gasteiger partial charge in [0.15, 0.2) is 0 Å². The second kappa shape index (κ2) is 7.38. The van der Waals surface area contributed by atoms with Gasteiger partial charge in [-0.1, -0.05) is 36.4 Å². The number of nitrogens with zero attached hydrogens (tertiary/aromatic N) is 3. The van der Waals surface area contributed by atoms with E-state index in [0.29, 0.717) is 0 Å². The van der Waals surface area contributed by atoms with Crippen molar-refractivity contribution < 1.29 is 4.79 Å². The first-order valence-corrected chi connectivity index (χ1v) is 9.79. The van der Waals surface area contributed by atoms with Gasteiger partial charge in [0.1, 0.15) is 9.88 Å². The number of amides is 1. The zero-order valence-corrected chi connectivity index (χ0v) is 15.6. The molecule has 0 saturated carbocycles. The van der Waals surface area contributed by atoms with Gasteiger partial charge < -0.3 is 4.90 Å². The number of carbonyl (C=O) groups is 1. The van der Waals surface area contributed by atoms with Crippen LogP contribution in [0.1, 0.15) is 46.2 Å². The van der Waals surface area contributed by atoms with Gasteiger partial charge in [0.2, 0.25) is 0 Å². The number of pyridine rings is 1. The summed E-state index contributed by atoms with van der Waals surface area (Å²) >= 11 is 1.49. The zero-order valence-electron chi connectivity index (χ0n) is 14.8. The molecule has 0 radical (unpaired) electrons. The Morgan fingerprint density at radius 2 is 2.00 bits per heavy atom. The summed E-state index contributed by atoms with van der Waals surface area (Å²) in [5, 5.41) is 0.904. The van der Waals surface area contributed by atoms with Crippen LogP contribution in [0.5, 0.6) is 0 Å². The Morgan fingerprint density at radius 1 is 1.15 bits per heavy atom. The van der Waals surface area contributed by atoms with Crippen molar-refractivity contribution in [2.75, 3.05) is 6.54 Å². The third-order valence-electron chi connectivity index (χ3n) is 4.84. The minimum absolute atomic E-state index is 0.0933. The summed E-state index contributed by atoms with van der Waals surface area (Å²) in [6, 6.07) is 14.2. The molecule has 26 heavy (non-hydrogen) atoms. The topological polar surface area (TPSA) is 46.1 Å². The number of carbonyl (C=O) groups excluding carboxylic acids is 1. The number of rotatable bonds is 3. The molecule has 0 aliphatic carbocycles. The molecule has 3 aromatic rings. The van der Waals surface area contributed by atoms with E-state index in [1.54, 1.807) is 6.20 Å². The van der Waals surface area contributed by atoms with E-state index in [-0.39, 0.29) is 11.9 Å². The van der Waals surface area contributed by atoms with Gasteiger partial charge in [0, 0.05) is 24.5 Å². The third kappa shape index (κ3) is 3.27. The van der Waals surface area contributed by atoms with E-state index >= 15 is 0 Å². The molecule has 1 unspecified atom stereocenters. The molecule has 0 spiro atoms. The van der Waals surface area contributed by atoms with Crippen LogP contribution >= 0.6 is 11.3 Å². The molecule has 4 nitrogen and oxygen atoms in total. The molecule has 4 rings (SSSR count). The van der Waals surface area contributed by atoms with Gasteiger partial charge >= 0.3 is 0 Å². The van der Waals surface area contributed by atoms with Crippen molar-refractivity contribution in [1.29, 1.82) is 0 Å². The number of hydrogen-bond donors (Lipinski definition) is 0. The monoisotopic (exact) mass is 363 g/mol. The number of aromatic nitrogens is 2. The van der Waals surface area contributed by atoms with Gasteiger partial charge in [-0.05, 0) is 37.8 Å². The maximum atomic E-state index is 13.3. The number of hydrogen-bond acceptors (Lipinski definition) is 4. The Bertz CT molecular complexity index is 892. The van der Waals surface area contributed by atoms with Crippen molar-refractivity contribution in [2.45, 2.75) is 32.2 Å². The molecule has 1 aliphatic heterocycles. The van der Waals surface area contributed by atoms with Gasteiger partial charge in [-0.15, -0.1) is 11.3 Å². The summed E-state index contributed by atoms with van der Waals surface area (Å²) in [5.74, 6) is 0.0933. The summed E-state index contributed by atoms with van der Waals surface area (Å²) in [4.78, 5) is 25.0. The van der Waals surface area contributed by atoms with Crippen molar-refractivity contribution in [3.8, 4) is 10.6 Å². The molecule has 1 aliphatic rings. The number of benzene rings is 1. The second-order valence-electron chi connectivity index (χ2n) is 6.60. The summed E-state index contributed by atoms with van der Waals surface area (Å²) in [5.41, 5.74) is 2.99. The molecule has 1 aromatic carbocycles. The number of piperidine rings is 1. The van der Waals surface area contributed by atoms with Gasteiger partial charge in [0.05, 0.1) is 11.7 Å². The first-order valence-electron chi connectivity index (χ1n) is 8.98. The van der Waals surface area contributed by atoms with Crippen LogP contribution in [0.15, 0.2) is 54.9 Å². The standard InChI is InChI=1S/C21H21N3OS/c1-15-19(26-20(23-15)16-8-3-2-4-9-16)21(25)24-13-6-5-11-18(24)17-10-7-12-22-14-17/h2-4,7-10,12,14,18H,5-6,11,13H2,1H3. The Hall–Kier alpha value is -2.53. The van der Waals surface area contributed by atoms with Crippen LogP contribution in [0.25, 0.3) is 10.6 Å². The molecule has 0 bridgehead atoms. The lowest BCUT2D eigenvalue weighted by atomic mass is 9.96. The smallest absolute Gasteiger partial charge is 0.266 e. The van der Waals surface area contributed by atoms with Crippen molar-refractivity contribution in [1.82, 2.24) is 14.9 Å². The maximum Gasteiger partial charge on any atom is 0.266 e. The molecular weight excluding hydrogens is 342 g/mol. The highest BCUT2D eigenvalue weighted by Crippen LogP contribution is 2.35. The Kier molecular flexibility index (Phi) is 4.80. The number of likely N-dealkylation sites (tertiary alicyclic amines) is 1. The summed E-state index contributed by atoms with van der Waals surface area (Å²) in [6.45, 7) is 2.72. The molecule has 1 saturated heterocycles. The first kappa shape index (κ1) is 16.9. The predicted molar refractivity (Wildman–Crippen MR) is 104 cm³/mol. The van der Waals surface area contributed by atoms with E-state index < -0.39 is 0 Å². The van der Waals surface area contributed by atoms with E-state index in [4.69, 9.17) is 0 Å². The minimum atomic E-state index is 0.0933. The molecule has 1 fully saturated rings. The molecule has 0 N–H and O–H groups in total. The fraction of sp³-hybridized carbons (Fsp3) is 0.286. The molecule has 1 amide bonds. The highest BCUT2D eigenvalue weighted by atomic mass is 32.1. The lowest BCUT2D eigenvalue weighted by molar-refractivity contribution is 0.0615. The average molecular weight is 363 g/mol. The van der Waals surface area contributed by atoms with E-state index in [1.807, 2.05) is 54.4 Å². The zero-order chi connectivity index (χ0) is 17.9. The van der Waals surface area contributed by atoms with Crippen LogP contribution in [0.4, 0.5) is 0 Å². The fourth-order valence-corrected chi connectivity index (χ4v) is 4.55. The van der Waals surface area contributed by atoms with Crippen LogP contribution in [0, 0.1) is 6.92 Å². The third-order valence-corrected chi connectivity index (χ3v) is 6.04. The van der Waals surface area contributed by atoms with Gasteiger partial charge in [-0.3, -0.25) is 9.78 Å². The predicted octanol–water partition coefficient (Wildman–Crippen LogP) is 4.88. The van der Waals surface area contributed by atoms with E-state index in [1.165, 1.54) is 11.3 Å². The quantitative estimate of drug-likeness (QED) is 0.666. The SMILES string of the molecule is Cc1nc(-c2ccccc2)sc1C(=O)N1CCCCC1c1cccnc1. The average Bonchev–Trinajstić information content (AvgIpc) is 3.10. The highest BCUT2D eigenvalue weighted by Gasteiger charge is 2.31. The number of aryl methyl sites for hydroxylation is 1. The minimum Gasteiger partial charge on any atom is -0.331 e. The largest absolute Gasteiger partial charge is 0.331 e. The Labute approximate surface area is 157 Å². The van der Waals surface area contributed by atoms with Crippen molar-refractivity contribution in [3.05, 3.63) is 71.0 Å². The van der Waals surface area contributed by atoms with Crippen LogP contribution < -0.4 is 0 Å². The van der Waals surface area contributed by atoms with Crippen LogP contribution in [0.3, 0.4) is 0 Å². The van der Waals surface area contributed by atoms with Crippen molar-refractivity contribution in [3.63, 3.8) is 0 Å². The first-order chi connectivity index (χ1) is 12.7. The van der Waals surface area contributed by atoms with E-state index in [9.17, 15) is 4.79 Å². The van der Waals surface area contributed by atoms with Crippen molar-refractivity contribution in [2.24, 2.45) is 0 Å². The van der Waals surface area contributed by atoms with Gasteiger partial charge in [-0.2, -0.15) is 0 Å². The van der Waals surface area contributed by atoms with Crippen molar-refractivity contribution >= 4 is 17.2 Å². The van der Waals surface area contributed by atoms with Crippen LogP contribution in [-0.4, -0.2) is 27.3 Å². The molecule has 1 atom stereocenters. The molecule has 5 heteroatoms. The Balaban J connectivity index is 1.65. The normalized spacial score (nSPS) is 17.3. The highest BCUT2D eigenvalue weighted by molar-refractivity contribution is 7.17. The molecule has 2 aromatic heterocycles. The van der Waals surface area contributed by atoms with Crippen LogP contribution in [-0.2, 0) is 0 Å².